The van der Waals surface area contributed by atoms with Gasteiger partial charge in [0.25, 0.3) is 0 Å². The van der Waals surface area contributed by atoms with E-state index in [-0.39, 0.29) is 24.8 Å². The van der Waals surface area contributed by atoms with Gasteiger partial charge in [-0.25, -0.2) is 0 Å². The Morgan fingerprint density at radius 1 is 0.875 bits per heavy atom. The van der Waals surface area contributed by atoms with Crippen molar-refractivity contribution in [3.05, 3.63) is 90.8 Å². The molecular formula is C29H32Cl2Zr. The summed E-state index contributed by atoms with van der Waals surface area (Å²) in [5, 5.41) is 2.74. The van der Waals surface area contributed by atoms with Gasteiger partial charge in [-0.05, 0) is 0 Å². The minimum Gasteiger partial charge on any atom is -1.00 e. The summed E-state index contributed by atoms with van der Waals surface area (Å²) in [5.41, 5.74) is 11.5. The summed E-state index contributed by atoms with van der Waals surface area (Å²) >= 11 is -0.678. The molecule has 3 heteroatoms. The van der Waals surface area contributed by atoms with Gasteiger partial charge in [0.15, 0.2) is 0 Å². The summed E-state index contributed by atoms with van der Waals surface area (Å²) < 4.78 is 2.64. The van der Waals surface area contributed by atoms with E-state index in [4.69, 9.17) is 0 Å². The maximum Gasteiger partial charge on any atom is -1.00 e. The average molecular weight is 543 g/mol. The Bertz CT molecular complexity index is 1160. The molecular weight excluding hydrogens is 510 g/mol. The van der Waals surface area contributed by atoms with Crippen molar-refractivity contribution < 1.29 is 48.0 Å². The number of fused-ring (bicyclic) bond motifs is 1. The molecule has 0 aromatic heterocycles. The van der Waals surface area contributed by atoms with Gasteiger partial charge in [-0.1, -0.05) is 0 Å². The van der Waals surface area contributed by atoms with Gasteiger partial charge in [-0.3, -0.25) is 0 Å². The smallest absolute Gasteiger partial charge is 1.00 e. The van der Waals surface area contributed by atoms with Crippen LogP contribution >= 0.6 is 0 Å². The normalized spacial score (nSPS) is 24.8. The third kappa shape index (κ3) is 4.31. The van der Waals surface area contributed by atoms with E-state index < -0.39 is 23.2 Å². The molecule has 3 unspecified atom stereocenters. The van der Waals surface area contributed by atoms with E-state index in [0.29, 0.717) is 11.8 Å². The quantitative estimate of drug-likeness (QED) is 0.560. The van der Waals surface area contributed by atoms with Crippen LogP contribution in [0.2, 0.25) is 3.63 Å². The number of hydrogen-bond acceptors (Lipinski definition) is 0. The number of halogens is 2. The van der Waals surface area contributed by atoms with Gasteiger partial charge in [0.1, 0.15) is 0 Å². The van der Waals surface area contributed by atoms with E-state index in [2.05, 4.69) is 83.2 Å². The monoisotopic (exact) mass is 540 g/mol. The number of rotatable bonds is 3. The summed E-state index contributed by atoms with van der Waals surface area (Å²) in [7, 11) is 0. The van der Waals surface area contributed by atoms with E-state index in [1.54, 1.807) is 27.9 Å². The molecule has 2 aromatic carbocycles. The third-order valence-corrected chi connectivity index (χ3v) is 13.4. The molecule has 5 rings (SSSR count). The molecule has 0 N–H and O–H groups in total. The second-order valence-electron chi connectivity index (χ2n) is 9.57. The molecule has 32 heavy (non-hydrogen) atoms. The van der Waals surface area contributed by atoms with Crippen LogP contribution in [0.5, 0.6) is 0 Å². The molecule has 3 atom stereocenters. The Labute approximate surface area is 217 Å². The van der Waals surface area contributed by atoms with E-state index in [9.17, 15) is 0 Å². The molecule has 166 valence electrons. The van der Waals surface area contributed by atoms with Gasteiger partial charge in [0.05, 0.1) is 0 Å². The van der Waals surface area contributed by atoms with Crippen molar-refractivity contribution in [1.82, 2.24) is 0 Å². The van der Waals surface area contributed by atoms with Crippen molar-refractivity contribution in [2.24, 2.45) is 5.92 Å². The maximum atomic E-state index is 2.60. The van der Waals surface area contributed by atoms with Crippen molar-refractivity contribution >= 4 is 10.8 Å². The molecule has 2 aromatic rings. The van der Waals surface area contributed by atoms with Crippen molar-refractivity contribution in [3.63, 3.8) is 0 Å². The summed E-state index contributed by atoms with van der Waals surface area (Å²) in [6.07, 6.45) is 6.57. The average Bonchev–Trinajstić information content (AvgIpc) is 3.18. The zero-order chi connectivity index (χ0) is 21.0. The molecule has 0 aliphatic heterocycles. The van der Waals surface area contributed by atoms with Gasteiger partial charge in [-0.15, -0.1) is 0 Å². The Balaban J connectivity index is 0.00000144. The van der Waals surface area contributed by atoms with Crippen molar-refractivity contribution in [2.45, 2.75) is 63.4 Å². The fourth-order valence-corrected chi connectivity index (χ4v) is 10.7. The molecule has 0 saturated heterocycles. The molecule has 0 heterocycles. The Morgan fingerprint density at radius 2 is 1.59 bits per heavy atom. The number of hydrogen-bond donors (Lipinski definition) is 0. The second kappa shape index (κ2) is 10.2. The van der Waals surface area contributed by atoms with E-state index >= 15 is 0 Å². The van der Waals surface area contributed by atoms with Crippen LogP contribution < -0.4 is 24.8 Å². The summed E-state index contributed by atoms with van der Waals surface area (Å²) in [5.74, 6) is 1.28. The van der Waals surface area contributed by atoms with Gasteiger partial charge >= 0.3 is 194 Å². The number of benzene rings is 2. The van der Waals surface area contributed by atoms with Crippen LogP contribution in [0.1, 0.15) is 65.4 Å². The zero-order valence-electron chi connectivity index (χ0n) is 19.7. The standard InChI is InChI=1S/C20H19.C9H13.2ClH.Zr/c1-14-11-17-7-4-8-19(20(17)12-14)18-10-9-15-5-2-3-6-16(15)13-18;1-6-5-7(2)9(4)8(6)3;;;/h2-3,5-6,9-13,19H,4,7-8H2,1H3;6H,1-4H3;2*1H;/q;;;;+2/p-2. The first kappa shape index (κ1) is 25.7. The number of allylic oxidation sites excluding steroid dienone is 8. The van der Waals surface area contributed by atoms with Gasteiger partial charge in [0.2, 0.25) is 0 Å². The fourth-order valence-electron chi connectivity index (χ4n) is 5.85. The van der Waals surface area contributed by atoms with Crippen LogP contribution in [-0.2, 0) is 23.2 Å². The van der Waals surface area contributed by atoms with Crippen LogP contribution in [0.25, 0.3) is 10.8 Å². The summed E-state index contributed by atoms with van der Waals surface area (Å²) in [4.78, 5) is 0. The molecule has 0 nitrogen and oxygen atoms in total. The molecule has 0 amide bonds. The first-order chi connectivity index (χ1) is 14.5. The Kier molecular flexibility index (Phi) is 8.18. The fraction of sp³-hybridized carbons (Fsp3) is 0.379. The Hall–Kier alpha value is -0.877. The molecule has 0 spiro atoms. The molecule has 3 aliphatic carbocycles. The third-order valence-electron chi connectivity index (χ3n) is 7.99. The predicted octanol–water partition coefficient (Wildman–Crippen LogP) is 2.50. The topological polar surface area (TPSA) is 0 Å². The SMILES string of the molecule is CC1=CC2=C(CCCC2c2ccc3ccccc3c2)[CH]1[Zr+2][C]1=C(C)C(C)=C(C)C1C.[Cl-].[Cl-]. The minimum absolute atomic E-state index is 0. The van der Waals surface area contributed by atoms with Crippen molar-refractivity contribution in [1.29, 1.82) is 0 Å². The first-order valence-electron chi connectivity index (χ1n) is 11.5. The maximum absolute atomic E-state index is 2.60. The zero-order valence-corrected chi connectivity index (χ0v) is 23.7. The van der Waals surface area contributed by atoms with E-state index in [0.717, 1.165) is 3.63 Å². The van der Waals surface area contributed by atoms with E-state index in [1.165, 1.54) is 35.6 Å². The molecule has 0 radical (unpaired) electrons. The van der Waals surface area contributed by atoms with Crippen LogP contribution in [0.15, 0.2) is 85.3 Å². The van der Waals surface area contributed by atoms with Gasteiger partial charge in [-0.2, -0.15) is 0 Å². The molecule has 0 bridgehead atoms. The molecule has 3 aliphatic rings. The van der Waals surface area contributed by atoms with Crippen LogP contribution in [-0.4, -0.2) is 0 Å². The summed E-state index contributed by atoms with van der Waals surface area (Å²) in [6.45, 7) is 12.0. The predicted molar refractivity (Wildman–Crippen MR) is 125 cm³/mol. The van der Waals surface area contributed by atoms with Gasteiger partial charge in [0, 0.05) is 0 Å². The summed E-state index contributed by atoms with van der Waals surface area (Å²) in [6, 6.07) is 16.0. The Morgan fingerprint density at radius 3 is 2.28 bits per heavy atom. The van der Waals surface area contributed by atoms with E-state index in [1.807, 2.05) is 8.85 Å². The van der Waals surface area contributed by atoms with Crippen molar-refractivity contribution in [2.75, 3.05) is 0 Å². The van der Waals surface area contributed by atoms with Crippen molar-refractivity contribution in [3.8, 4) is 0 Å². The minimum atomic E-state index is -0.678. The molecule has 0 fully saturated rings. The first-order valence-corrected chi connectivity index (χ1v) is 14.2. The van der Waals surface area contributed by atoms with Crippen LogP contribution in [0.4, 0.5) is 0 Å². The second-order valence-corrected chi connectivity index (χ2v) is 13.0. The molecule has 0 saturated carbocycles. The van der Waals surface area contributed by atoms with Gasteiger partial charge < -0.3 is 24.8 Å². The van der Waals surface area contributed by atoms with Crippen LogP contribution in [0.3, 0.4) is 0 Å². The largest absolute Gasteiger partial charge is 1.00 e. The van der Waals surface area contributed by atoms with Crippen LogP contribution in [0, 0.1) is 5.92 Å².